The molecule has 3 rings (SSSR count). The number of thioether (sulfide) groups is 1. The number of hydrogen-bond donors (Lipinski definition) is 1. The van der Waals surface area contributed by atoms with Crippen molar-refractivity contribution in [3.8, 4) is 0 Å². The van der Waals surface area contributed by atoms with E-state index in [1.54, 1.807) is 13.1 Å². The van der Waals surface area contributed by atoms with E-state index < -0.39 is 10.0 Å². The lowest BCUT2D eigenvalue weighted by Gasteiger charge is -2.05. The summed E-state index contributed by atoms with van der Waals surface area (Å²) in [6, 6.07) is 4.60. The molecule has 0 unspecified atom stereocenters. The standard InChI is InChI=1S/C13H14N4O3S4/c1-7(2)21-12-15-14-11(23-12)16-24(19,20)8-4-5-9-10(6-8)22-13(18)17(9)3/h4-7H,1-3H3,(H,14,16). The lowest BCUT2D eigenvalue weighted by molar-refractivity contribution is 0.601. The Labute approximate surface area is 150 Å². The molecule has 0 aliphatic heterocycles. The maximum atomic E-state index is 12.5. The smallest absolute Gasteiger partial charge is 0.302 e. The first-order valence-electron chi connectivity index (χ1n) is 6.89. The molecule has 1 N–H and O–H groups in total. The minimum absolute atomic E-state index is 0.0881. The monoisotopic (exact) mass is 402 g/mol. The van der Waals surface area contributed by atoms with Gasteiger partial charge in [0.25, 0.3) is 10.0 Å². The Morgan fingerprint density at radius 2 is 2.00 bits per heavy atom. The van der Waals surface area contributed by atoms with Gasteiger partial charge in [0.2, 0.25) is 5.13 Å². The van der Waals surface area contributed by atoms with Crippen molar-refractivity contribution < 1.29 is 8.42 Å². The molecule has 0 fully saturated rings. The van der Waals surface area contributed by atoms with E-state index in [0.717, 1.165) is 11.3 Å². The van der Waals surface area contributed by atoms with Crippen LogP contribution in [0.25, 0.3) is 10.2 Å². The summed E-state index contributed by atoms with van der Waals surface area (Å²) < 4.78 is 30.3. The van der Waals surface area contributed by atoms with Crippen LogP contribution in [0.1, 0.15) is 13.8 Å². The van der Waals surface area contributed by atoms with Crippen molar-refractivity contribution in [1.82, 2.24) is 14.8 Å². The highest BCUT2D eigenvalue weighted by Gasteiger charge is 2.19. The molecule has 2 heterocycles. The molecule has 0 spiro atoms. The number of sulfonamides is 1. The number of anilines is 1. The molecule has 0 saturated carbocycles. The average molecular weight is 403 g/mol. The summed E-state index contributed by atoms with van der Waals surface area (Å²) in [5.41, 5.74) is 0.704. The van der Waals surface area contributed by atoms with Crippen LogP contribution < -0.4 is 9.60 Å². The Kier molecular flexibility index (Phi) is 4.69. The Morgan fingerprint density at radius 3 is 2.71 bits per heavy atom. The molecule has 0 amide bonds. The van der Waals surface area contributed by atoms with Gasteiger partial charge in [0.15, 0.2) is 4.34 Å². The van der Waals surface area contributed by atoms with Gasteiger partial charge in [-0.1, -0.05) is 48.3 Å². The molecule has 0 bridgehead atoms. The largest absolute Gasteiger partial charge is 0.307 e. The zero-order valence-corrected chi connectivity index (χ0v) is 16.3. The summed E-state index contributed by atoms with van der Waals surface area (Å²) in [5.74, 6) is 0. The van der Waals surface area contributed by atoms with Crippen LogP contribution >= 0.6 is 34.4 Å². The predicted octanol–water partition coefficient (Wildman–Crippen LogP) is 2.75. The summed E-state index contributed by atoms with van der Waals surface area (Å²) in [4.78, 5) is 11.6. The summed E-state index contributed by atoms with van der Waals surface area (Å²) in [7, 11) is -2.12. The van der Waals surface area contributed by atoms with Gasteiger partial charge in [0.1, 0.15) is 0 Å². The molecule has 128 valence electrons. The number of fused-ring (bicyclic) bond motifs is 1. The van der Waals surface area contributed by atoms with Crippen molar-refractivity contribution in [2.75, 3.05) is 4.72 Å². The Morgan fingerprint density at radius 1 is 1.25 bits per heavy atom. The fourth-order valence-corrected chi connectivity index (χ4v) is 6.18. The van der Waals surface area contributed by atoms with E-state index in [4.69, 9.17) is 0 Å². The van der Waals surface area contributed by atoms with Crippen LogP contribution in [0, 0.1) is 0 Å². The maximum Gasteiger partial charge on any atom is 0.307 e. The first kappa shape index (κ1) is 17.4. The number of rotatable bonds is 5. The predicted molar refractivity (Wildman–Crippen MR) is 98.8 cm³/mol. The Bertz CT molecular complexity index is 1050. The van der Waals surface area contributed by atoms with Gasteiger partial charge in [-0.05, 0) is 18.2 Å². The van der Waals surface area contributed by atoms with Crippen LogP contribution in [0.5, 0.6) is 0 Å². The number of nitrogens with zero attached hydrogens (tertiary/aromatic N) is 3. The van der Waals surface area contributed by atoms with Gasteiger partial charge in [0.05, 0.1) is 15.1 Å². The summed E-state index contributed by atoms with van der Waals surface area (Å²) in [6.07, 6.45) is 0. The summed E-state index contributed by atoms with van der Waals surface area (Å²) in [6.45, 7) is 4.05. The fourth-order valence-electron chi connectivity index (χ4n) is 1.96. The number of aromatic nitrogens is 3. The third kappa shape index (κ3) is 3.48. The molecule has 0 atom stereocenters. The van der Waals surface area contributed by atoms with Crippen molar-refractivity contribution >= 4 is 59.8 Å². The number of nitrogens with one attached hydrogen (secondary N) is 1. The summed E-state index contributed by atoms with van der Waals surface area (Å²) in [5, 5.41) is 8.39. The maximum absolute atomic E-state index is 12.5. The van der Waals surface area contributed by atoms with E-state index in [0.29, 0.717) is 19.8 Å². The quantitative estimate of drug-likeness (QED) is 0.660. The van der Waals surface area contributed by atoms with E-state index in [2.05, 4.69) is 14.9 Å². The van der Waals surface area contributed by atoms with Gasteiger partial charge < -0.3 is 4.57 Å². The molecule has 0 aliphatic rings. The van der Waals surface area contributed by atoms with Gasteiger partial charge in [-0.15, -0.1) is 10.2 Å². The third-order valence-corrected chi connectivity index (χ3v) is 7.43. The van der Waals surface area contributed by atoms with Gasteiger partial charge >= 0.3 is 4.87 Å². The highest BCUT2D eigenvalue weighted by Crippen LogP contribution is 2.30. The average Bonchev–Trinajstić information content (AvgIpc) is 3.02. The molecule has 2 aromatic heterocycles. The molecule has 3 aromatic rings. The number of aryl methyl sites for hydroxylation is 1. The van der Waals surface area contributed by atoms with Gasteiger partial charge in [0, 0.05) is 12.3 Å². The molecule has 24 heavy (non-hydrogen) atoms. The fraction of sp³-hybridized carbons (Fsp3) is 0.308. The third-order valence-electron chi connectivity index (χ3n) is 3.04. The van der Waals surface area contributed by atoms with Crippen molar-refractivity contribution in [3.05, 3.63) is 27.9 Å². The van der Waals surface area contributed by atoms with Crippen LogP contribution in [0.3, 0.4) is 0 Å². The first-order chi connectivity index (χ1) is 11.3. The molecule has 11 heteroatoms. The molecule has 0 radical (unpaired) electrons. The van der Waals surface area contributed by atoms with Crippen molar-refractivity contribution in [2.24, 2.45) is 7.05 Å². The molecular formula is C13H14N4O3S4. The number of benzene rings is 1. The molecule has 1 aromatic carbocycles. The molecule has 7 nitrogen and oxygen atoms in total. The normalized spacial score (nSPS) is 12.2. The van der Waals surface area contributed by atoms with E-state index in [1.165, 1.54) is 39.8 Å². The van der Waals surface area contributed by atoms with Gasteiger partial charge in [-0.2, -0.15) is 0 Å². The highest BCUT2D eigenvalue weighted by molar-refractivity contribution is 8.01. The second-order valence-electron chi connectivity index (χ2n) is 5.20. The molecular weight excluding hydrogens is 388 g/mol. The minimum Gasteiger partial charge on any atom is -0.302 e. The van der Waals surface area contributed by atoms with E-state index in [9.17, 15) is 13.2 Å². The van der Waals surface area contributed by atoms with Crippen molar-refractivity contribution in [2.45, 2.75) is 28.3 Å². The van der Waals surface area contributed by atoms with Crippen LogP contribution in [0.4, 0.5) is 5.13 Å². The minimum atomic E-state index is -3.78. The van der Waals surface area contributed by atoms with Crippen LogP contribution in [0.2, 0.25) is 0 Å². The van der Waals surface area contributed by atoms with Crippen molar-refractivity contribution in [3.63, 3.8) is 0 Å². The first-order valence-corrected chi connectivity index (χ1v) is 10.9. The number of thiazole rings is 1. The van der Waals surface area contributed by atoms with Crippen LogP contribution in [-0.2, 0) is 17.1 Å². The molecule has 0 aliphatic carbocycles. The van der Waals surface area contributed by atoms with Crippen LogP contribution in [-0.4, -0.2) is 28.4 Å². The Hall–Kier alpha value is -1.43. The highest BCUT2D eigenvalue weighted by atomic mass is 32.2. The lowest BCUT2D eigenvalue weighted by atomic mass is 10.3. The topological polar surface area (TPSA) is 94.0 Å². The zero-order chi connectivity index (χ0) is 17.5. The SMILES string of the molecule is CC(C)Sc1nnc(NS(=O)(=O)c2ccc3c(c2)sc(=O)n3C)s1. The van der Waals surface area contributed by atoms with E-state index in [1.807, 2.05) is 13.8 Å². The van der Waals surface area contributed by atoms with Crippen LogP contribution in [0.15, 0.2) is 32.2 Å². The van der Waals surface area contributed by atoms with Crippen molar-refractivity contribution in [1.29, 1.82) is 0 Å². The van der Waals surface area contributed by atoms with Gasteiger partial charge in [-0.3, -0.25) is 9.52 Å². The second-order valence-corrected chi connectivity index (χ2v) is 10.7. The summed E-state index contributed by atoms with van der Waals surface area (Å²) >= 11 is 3.73. The van der Waals surface area contributed by atoms with E-state index >= 15 is 0 Å². The van der Waals surface area contributed by atoms with Gasteiger partial charge in [-0.25, -0.2) is 8.42 Å². The lowest BCUT2D eigenvalue weighted by Crippen LogP contribution is -2.12. The second kappa shape index (κ2) is 6.47. The molecule has 0 saturated heterocycles. The zero-order valence-electron chi connectivity index (χ0n) is 13.0. The Balaban J connectivity index is 1.90. The van der Waals surface area contributed by atoms with E-state index in [-0.39, 0.29) is 14.9 Å². The number of hydrogen-bond acceptors (Lipinski definition) is 8.